The molecule has 4 aromatic rings. The van der Waals surface area contributed by atoms with E-state index in [0.717, 1.165) is 37.9 Å². The number of hydrogen-bond donors (Lipinski definition) is 1. The fourth-order valence-electron chi connectivity index (χ4n) is 3.27. The number of benzene rings is 2. The molecule has 0 unspecified atom stereocenters. The summed E-state index contributed by atoms with van der Waals surface area (Å²) >= 11 is 1.22. The largest absolute Gasteiger partial charge is 0.573 e. The molecular weight excluding hydrogens is 495 g/mol. The van der Waals surface area contributed by atoms with Gasteiger partial charge in [0.25, 0.3) is 5.91 Å². The van der Waals surface area contributed by atoms with Gasteiger partial charge in [-0.25, -0.2) is 4.98 Å². The van der Waals surface area contributed by atoms with Crippen molar-refractivity contribution in [2.75, 3.05) is 5.32 Å². The number of hydrogen-bond acceptors (Lipinski definition) is 7. The lowest BCUT2D eigenvalue weighted by Gasteiger charge is -2.09. The second-order valence-corrected chi connectivity index (χ2v) is 8.58. The molecule has 0 radical (unpaired) electrons. The van der Waals surface area contributed by atoms with E-state index in [0.29, 0.717) is 16.6 Å². The molecule has 0 saturated heterocycles. The predicted molar refractivity (Wildman–Crippen MR) is 127 cm³/mol. The smallest absolute Gasteiger partial charge is 0.487 e. The normalized spacial score (nSPS) is 11.3. The Bertz CT molecular complexity index is 1240. The minimum atomic E-state index is -4.79. The zero-order valence-corrected chi connectivity index (χ0v) is 19.8. The van der Waals surface area contributed by atoms with E-state index in [2.05, 4.69) is 25.3 Å². The lowest BCUT2D eigenvalue weighted by Crippen LogP contribution is -2.17. The number of halogens is 3. The molecule has 2 heterocycles. The highest BCUT2D eigenvalue weighted by molar-refractivity contribution is 7.13. The molecule has 0 aliphatic rings. The van der Waals surface area contributed by atoms with E-state index in [1.165, 1.54) is 29.0 Å². The van der Waals surface area contributed by atoms with Gasteiger partial charge in [-0.05, 0) is 61.2 Å². The second kappa shape index (κ2) is 11.7. The number of nitrogens with zero attached hydrogens (tertiary/aromatic N) is 4. The number of aromatic nitrogens is 4. The lowest BCUT2D eigenvalue weighted by molar-refractivity contribution is -0.274. The molecule has 0 atom stereocenters. The van der Waals surface area contributed by atoms with Crippen LogP contribution in [0.2, 0.25) is 0 Å². The van der Waals surface area contributed by atoms with E-state index in [1.54, 1.807) is 11.6 Å². The standard InChI is InChI=1S/C24H22F3N5O3S/c25-24(26,27)35-21-10-6-18(7-11-21)22(33)30-23-29-19(16-36-23)15-34-20-8-4-17(5-9-20)3-1-2-13-32-14-12-28-31-32/h4-12,14,16H,1-3,13,15H2,(H,29,30,33). The van der Waals surface area contributed by atoms with Gasteiger partial charge in [0.15, 0.2) is 5.13 Å². The van der Waals surface area contributed by atoms with E-state index in [1.807, 2.05) is 35.1 Å². The number of nitrogens with one attached hydrogen (secondary N) is 1. The minimum absolute atomic E-state index is 0.177. The molecule has 0 bridgehead atoms. The van der Waals surface area contributed by atoms with Gasteiger partial charge in [-0.1, -0.05) is 17.3 Å². The molecule has 0 fully saturated rings. The molecule has 0 aliphatic carbocycles. The highest BCUT2D eigenvalue weighted by atomic mass is 32.1. The average molecular weight is 518 g/mol. The molecule has 188 valence electrons. The van der Waals surface area contributed by atoms with Crippen molar-refractivity contribution in [1.29, 1.82) is 0 Å². The van der Waals surface area contributed by atoms with Gasteiger partial charge < -0.3 is 9.47 Å². The summed E-state index contributed by atoms with van der Waals surface area (Å²) in [4.78, 5) is 16.7. The van der Waals surface area contributed by atoms with Crippen molar-refractivity contribution in [3.05, 3.63) is 83.1 Å². The molecule has 1 amide bonds. The Morgan fingerprint density at radius 2 is 1.78 bits per heavy atom. The maximum Gasteiger partial charge on any atom is 0.573 e. The van der Waals surface area contributed by atoms with Crippen molar-refractivity contribution in [2.24, 2.45) is 0 Å². The highest BCUT2D eigenvalue weighted by Gasteiger charge is 2.31. The van der Waals surface area contributed by atoms with E-state index in [-0.39, 0.29) is 12.2 Å². The van der Waals surface area contributed by atoms with Crippen LogP contribution in [0.3, 0.4) is 0 Å². The summed E-state index contributed by atoms with van der Waals surface area (Å²) in [6, 6.07) is 12.5. The number of ether oxygens (including phenoxy) is 2. The average Bonchev–Trinajstić information content (AvgIpc) is 3.53. The van der Waals surface area contributed by atoms with E-state index >= 15 is 0 Å². The monoisotopic (exact) mass is 517 g/mol. The molecule has 36 heavy (non-hydrogen) atoms. The number of carbonyl (C=O) groups is 1. The minimum Gasteiger partial charge on any atom is -0.487 e. The van der Waals surface area contributed by atoms with Gasteiger partial charge in [0.1, 0.15) is 18.1 Å². The first-order chi connectivity index (χ1) is 17.3. The summed E-state index contributed by atoms with van der Waals surface area (Å²) in [5, 5.41) is 12.5. The van der Waals surface area contributed by atoms with Crippen molar-refractivity contribution < 1.29 is 27.4 Å². The van der Waals surface area contributed by atoms with Crippen molar-refractivity contribution in [1.82, 2.24) is 20.0 Å². The molecule has 0 aliphatic heterocycles. The number of aryl methyl sites for hydroxylation is 2. The number of unbranched alkanes of at least 4 members (excludes halogenated alkanes) is 1. The third-order valence-corrected chi connectivity index (χ3v) is 5.81. The van der Waals surface area contributed by atoms with Gasteiger partial charge in [0, 0.05) is 23.7 Å². The van der Waals surface area contributed by atoms with Crippen LogP contribution in [0.4, 0.5) is 18.3 Å². The molecule has 12 heteroatoms. The number of amides is 1. The van der Waals surface area contributed by atoms with Crippen LogP contribution in [0.25, 0.3) is 0 Å². The summed E-state index contributed by atoms with van der Waals surface area (Å²) < 4.78 is 48.2. The molecule has 4 rings (SSSR count). The molecule has 8 nitrogen and oxygen atoms in total. The summed E-state index contributed by atoms with van der Waals surface area (Å²) in [7, 11) is 0. The Morgan fingerprint density at radius 1 is 1.03 bits per heavy atom. The SMILES string of the molecule is O=C(Nc1nc(COc2ccc(CCCCn3ccnn3)cc2)cs1)c1ccc(OC(F)(F)F)cc1. The number of rotatable bonds is 11. The highest BCUT2D eigenvalue weighted by Crippen LogP contribution is 2.24. The summed E-state index contributed by atoms with van der Waals surface area (Å²) in [5.74, 6) is -0.183. The van der Waals surface area contributed by atoms with Crippen LogP contribution in [-0.4, -0.2) is 32.2 Å². The van der Waals surface area contributed by atoms with Crippen LogP contribution in [0.5, 0.6) is 11.5 Å². The fourth-order valence-corrected chi connectivity index (χ4v) is 3.96. The van der Waals surface area contributed by atoms with Crippen molar-refractivity contribution in [3.63, 3.8) is 0 Å². The van der Waals surface area contributed by atoms with E-state index in [4.69, 9.17) is 4.74 Å². The Labute approximate surface area is 208 Å². The van der Waals surface area contributed by atoms with Gasteiger partial charge in [0.2, 0.25) is 0 Å². The summed E-state index contributed by atoms with van der Waals surface area (Å²) in [6.45, 7) is 1.08. The van der Waals surface area contributed by atoms with Crippen molar-refractivity contribution >= 4 is 22.4 Å². The summed E-state index contributed by atoms with van der Waals surface area (Å²) in [5.41, 5.74) is 2.04. The molecule has 1 N–H and O–H groups in total. The lowest BCUT2D eigenvalue weighted by atomic mass is 10.1. The zero-order chi connectivity index (χ0) is 25.4. The first-order valence-electron chi connectivity index (χ1n) is 11.0. The summed E-state index contributed by atoms with van der Waals surface area (Å²) in [6.07, 6.45) is 1.75. The van der Waals surface area contributed by atoms with Crippen LogP contribution in [0.15, 0.2) is 66.3 Å². The number of alkyl halides is 3. The predicted octanol–water partition coefficient (Wildman–Crippen LogP) is 5.49. The van der Waals surface area contributed by atoms with Crippen molar-refractivity contribution in [3.8, 4) is 11.5 Å². The molecule has 0 spiro atoms. The van der Waals surface area contributed by atoms with Crippen LogP contribution >= 0.6 is 11.3 Å². The molecule has 0 saturated carbocycles. The molecule has 2 aromatic heterocycles. The van der Waals surface area contributed by atoms with Crippen molar-refractivity contribution in [2.45, 2.75) is 38.8 Å². The maximum atomic E-state index is 12.3. The van der Waals surface area contributed by atoms with E-state index < -0.39 is 18.0 Å². The third kappa shape index (κ3) is 7.80. The maximum absolute atomic E-state index is 12.3. The van der Waals surface area contributed by atoms with Gasteiger partial charge in [-0.2, -0.15) is 0 Å². The van der Waals surface area contributed by atoms with Crippen LogP contribution in [0.1, 0.15) is 34.5 Å². The molecular formula is C24H22F3N5O3S. The first-order valence-corrected chi connectivity index (χ1v) is 11.9. The van der Waals surface area contributed by atoms with Gasteiger partial charge in [0.05, 0.1) is 11.9 Å². The van der Waals surface area contributed by atoms with Crippen LogP contribution in [0, 0.1) is 0 Å². The second-order valence-electron chi connectivity index (χ2n) is 7.73. The molecule has 2 aromatic carbocycles. The van der Waals surface area contributed by atoms with Gasteiger partial charge >= 0.3 is 6.36 Å². The quantitative estimate of drug-likeness (QED) is 0.265. The third-order valence-electron chi connectivity index (χ3n) is 5.01. The number of anilines is 1. The fraction of sp³-hybridized carbons (Fsp3) is 0.250. The van der Waals surface area contributed by atoms with Crippen LogP contribution < -0.4 is 14.8 Å². The Kier molecular flexibility index (Phi) is 8.16. The van der Waals surface area contributed by atoms with Gasteiger partial charge in [-0.3, -0.25) is 14.8 Å². The number of carbonyl (C=O) groups excluding carboxylic acids is 1. The zero-order valence-electron chi connectivity index (χ0n) is 18.9. The Hall–Kier alpha value is -3.93. The van der Waals surface area contributed by atoms with Gasteiger partial charge in [-0.15, -0.1) is 29.6 Å². The topological polar surface area (TPSA) is 91.2 Å². The van der Waals surface area contributed by atoms with E-state index in [9.17, 15) is 18.0 Å². The number of thiazole rings is 1. The Balaban J connectivity index is 1.20. The first kappa shape index (κ1) is 25.2. The Morgan fingerprint density at radius 3 is 2.47 bits per heavy atom. The van der Waals surface area contributed by atoms with Crippen LogP contribution in [-0.2, 0) is 19.6 Å².